The molecule has 1 spiro atoms. The highest BCUT2D eigenvalue weighted by atomic mass is 16.3. The van der Waals surface area contributed by atoms with Crippen molar-refractivity contribution in [3.63, 3.8) is 0 Å². The summed E-state index contributed by atoms with van der Waals surface area (Å²) in [6.07, 6.45) is 3.02. The van der Waals surface area contributed by atoms with Crippen molar-refractivity contribution in [3.05, 3.63) is 0 Å². The minimum atomic E-state index is -0.175. The van der Waals surface area contributed by atoms with Crippen LogP contribution in [0, 0.1) is 5.41 Å². The first-order valence-corrected chi connectivity index (χ1v) is 7.79. The molecule has 0 radical (unpaired) electrons. The van der Waals surface area contributed by atoms with Crippen LogP contribution >= 0.6 is 0 Å². The van der Waals surface area contributed by atoms with Gasteiger partial charge in [-0.1, -0.05) is 0 Å². The average molecular weight is 268 g/mol. The van der Waals surface area contributed by atoms with Gasteiger partial charge in [-0.3, -0.25) is 0 Å². The monoisotopic (exact) mass is 268 g/mol. The third-order valence-corrected chi connectivity index (χ3v) is 5.20. The van der Waals surface area contributed by atoms with Crippen LogP contribution in [0.2, 0.25) is 0 Å². The summed E-state index contributed by atoms with van der Waals surface area (Å²) in [5.41, 5.74) is 0.0719. The molecule has 5 nitrogen and oxygen atoms in total. The zero-order chi connectivity index (χ0) is 13.3. The summed E-state index contributed by atoms with van der Waals surface area (Å²) >= 11 is 0. The lowest BCUT2D eigenvalue weighted by atomic mass is 9.70. The van der Waals surface area contributed by atoms with Crippen molar-refractivity contribution in [2.45, 2.75) is 50.4 Å². The van der Waals surface area contributed by atoms with E-state index < -0.39 is 0 Å². The molecule has 5 heteroatoms. The number of piperazine rings is 1. The Hall–Kier alpha value is -0.200. The van der Waals surface area contributed by atoms with E-state index in [-0.39, 0.29) is 11.5 Å². The van der Waals surface area contributed by atoms with Crippen LogP contribution in [0.3, 0.4) is 0 Å². The maximum Gasteiger partial charge on any atom is 0.0636 e. The van der Waals surface area contributed by atoms with Crippen molar-refractivity contribution in [2.24, 2.45) is 5.41 Å². The zero-order valence-electron chi connectivity index (χ0n) is 11.9. The van der Waals surface area contributed by atoms with Gasteiger partial charge < -0.3 is 26.4 Å². The molecule has 5 atom stereocenters. The molecule has 5 N–H and O–H groups in total. The molecular weight excluding hydrogens is 240 g/mol. The van der Waals surface area contributed by atoms with Crippen LogP contribution in [0.5, 0.6) is 0 Å². The number of piperidine rings is 2. The molecule has 3 aliphatic rings. The first-order chi connectivity index (χ1) is 9.20. The second-order valence-corrected chi connectivity index (χ2v) is 6.71. The van der Waals surface area contributed by atoms with E-state index in [1.807, 2.05) is 0 Å². The second kappa shape index (κ2) is 5.66. The third kappa shape index (κ3) is 2.81. The molecule has 3 unspecified atom stereocenters. The number of nitrogens with one attached hydrogen (secondary N) is 4. The summed E-state index contributed by atoms with van der Waals surface area (Å²) in [6.45, 7) is 7.26. The van der Waals surface area contributed by atoms with Crippen LogP contribution in [-0.4, -0.2) is 62.1 Å². The standard InChI is InChI=1S/C14H28N4O/c1-10-6-16-7-12(18-10)11-5-13(19)14(9-17-11)3-2-4-15-8-14/h10-13,15-19H,2-9H2,1H3/t10?,11?,12?,13-,14+/m0/s1. The summed E-state index contributed by atoms with van der Waals surface area (Å²) in [6, 6.07) is 1.34. The lowest BCUT2D eigenvalue weighted by Gasteiger charge is -2.49. The van der Waals surface area contributed by atoms with Crippen LogP contribution < -0.4 is 21.3 Å². The molecule has 0 amide bonds. The van der Waals surface area contributed by atoms with Crippen molar-refractivity contribution < 1.29 is 5.11 Å². The molecule has 3 saturated heterocycles. The van der Waals surface area contributed by atoms with Crippen molar-refractivity contribution in [1.82, 2.24) is 21.3 Å². The summed E-state index contributed by atoms with van der Waals surface area (Å²) < 4.78 is 0. The fourth-order valence-electron chi connectivity index (χ4n) is 3.96. The van der Waals surface area contributed by atoms with E-state index in [0.29, 0.717) is 18.1 Å². The lowest BCUT2D eigenvalue weighted by molar-refractivity contribution is -0.0354. The van der Waals surface area contributed by atoms with Gasteiger partial charge in [0.1, 0.15) is 0 Å². The van der Waals surface area contributed by atoms with Gasteiger partial charge >= 0.3 is 0 Å². The molecule has 0 aliphatic carbocycles. The fourth-order valence-corrected chi connectivity index (χ4v) is 3.96. The molecule has 0 aromatic heterocycles. The Morgan fingerprint density at radius 2 is 2.00 bits per heavy atom. The number of rotatable bonds is 1. The van der Waals surface area contributed by atoms with E-state index in [0.717, 1.165) is 45.6 Å². The van der Waals surface area contributed by atoms with Crippen molar-refractivity contribution in [3.8, 4) is 0 Å². The van der Waals surface area contributed by atoms with Crippen LogP contribution in [0.1, 0.15) is 26.2 Å². The van der Waals surface area contributed by atoms with Crippen LogP contribution in [0.15, 0.2) is 0 Å². The van der Waals surface area contributed by atoms with Gasteiger partial charge in [-0.15, -0.1) is 0 Å². The summed E-state index contributed by atoms with van der Waals surface area (Å²) in [5, 5.41) is 24.9. The van der Waals surface area contributed by atoms with E-state index in [9.17, 15) is 5.11 Å². The van der Waals surface area contributed by atoms with Crippen molar-refractivity contribution in [2.75, 3.05) is 32.7 Å². The average Bonchev–Trinajstić information content (AvgIpc) is 2.43. The van der Waals surface area contributed by atoms with Crippen molar-refractivity contribution in [1.29, 1.82) is 0 Å². The molecule has 3 aliphatic heterocycles. The Morgan fingerprint density at radius 3 is 2.68 bits per heavy atom. The normalized spacial score (nSPS) is 48.3. The number of aliphatic hydroxyl groups is 1. The fraction of sp³-hybridized carbons (Fsp3) is 1.00. The largest absolute Gasteiger partial charge is 0.392 e. The molecule has 110 valence electrons. The SMILES string of the molecule is CC1CNCC(C2C[C@H](O)[C@@]3(CCCNC3)CN2)N1. The Bertz CT molecular complexity index is 306. The summed E-state index contributed by atoms with van der Waals surface area (Å²) in [5.74, 6) is 0. The van der Waals surface area contributed by atoms with Gasteiger partial charge in [0, 0.05) is 49.7 Å². The minimum absolute atomic E-state index is 0.0719. The molecule has 19 heavy (non-hydrogen) atoms. The first kappa shape index (κ1) is 13.8. The van der Waals surface area contributed by atoms with Gasteiger partial charge in [0.05, 0.1) is 6.10 Å². The smallest absolute Gasteiger partial charge is 0.0636 e. The maximum absolute atomic E-state index is 10.6. The number of hydrogen-bond acceptors (Lipinski definition) is 5. The van der Waals surface area contributed by atoms with Gasteiger partial charge in [0.25, 0.3) is 0 Å². The van der Waals surface area contributed by atoms with Crippen LogP contribution in [0.4, 0.5) is 0 Å². The predicted octanol–water partition coefficient (Wildman–Crippen LogP) is -0.971. The van der Waals surface area contributed by atoms with E-state index in [1.54, 1.807) is 0 Å². The Kier molecular flexibility index (Phi) is 4.10. The van der Waals surface area contributed by atoms with Gasteiger partial charge in [0.2, 0.25) is 0 Å². The molecule has 0 saturated carbocycles. The lowest BCUT2D eigenvalue weighted by Crippen LogP contribution is -2.67. The Morgan fingerprint density at radius 1 is 1.11 bits per heavy atom. The minimum Gasteiger partial charge on any atom is -0.392 e. The topological polar surface area (TPSA) is 68.3 Å². The maximum atomic E-state index is 10.6. The van der Waals surface area contributed by atoms with E-state index in [1.165, 1.54) is 6.42 Å². The van der Waals surface area contributed by atoms with E-state index >= 15 is 0 Å². The van der Waals surface area contributed by atoms with E-state index in [2.05, 4.69) is 28.2 Å². The second-order valence-electron chi connectivity index (χ2n) is 6.71. The first-order valence-electron chi connectivity index (χ1n) is 7.79. The Balaban J connectivity index is 1.60. The molecule has 0 aromatic carbocycles. The predicted molar refractivity (Wildman–Crippen MR) is 76.2 cm³/mol. The molecule has 0 bridgehead atoms. The van der Waals surface area contributed by atoms with Crippen LogP contribution in [0.25, 0.3) is 0 Å². The van der Waals surface area contributed by atoms with Crippen LogP contribution in [-0.2, 0) is 0 Å². The molecule has 3 rings (SSSR count). The zero-order valence-corrected chi connectivity index (χ0v) is 11.9. The van der Waals surface area contributed by atoms with E-state index in [4.69, 9.17) is 0 Å². The number of aliphatic hydroxyl groups excluding tert-OH is 1. The quantitative estimate of drug-likeness (QED) is 0.423. The van der Waals surface area contributed by atoms with Gasteiger partial charge in [0.15, 0.2) is 0 Å². The highest BCUT2D eigenvalue weighted by Gasteiger charge is 2.45. The van der Waals surface area contributed by atoms with Crippen molar-refractivity contribution >= 4 is 0 Å². The number of hydrogen-bond donors (Lipinski definition) is 5. The molecule has 0 aromatic rings. The molecule has 3 heterocycles. The summed E-state index contributed by atoms with van der Waals surface area (Å²) in [4.78, 5) is 0. The van der Waals surface area contributed by atoms with Gasteiger partial charge in [-0.25, -0.2) is 0 Å². The summed E-state index contributed by atoms with van der Waals surface area (Å²) in [7, 11) is 0. The Labute approximate surface area is 115 Å². The highest BCUT2D eigenvalue weighted by molar-refractivity contribution is 5.02. The molecule has 3 fully saturated rings. The van der Waals surface area contributed by atoms with Gasteiger partial charge in [-0.05, 0) is 32.7 Å². The third-order valence-electron chi connectivity index (χ3n) is 5.20. The van der Waals surface area contributed by atoms with Gasteiger partial charge in [-0.2, -0.15) is 0 Å². The molecular formula is C14H28N4O. The highest BCUT2D eigenvalue weighted by Crippen LogP contribution is 2.35.